The van der Waals surface area contributed by atoms with Crippen molar-refractivity contribution in [2.75, 3.05) is 13.2 Å². The quantitative estimate of drug-likeness (QED) is 0.275. The average Bonchev–Trinajstić information content (AvgIpc) is 3.69. The van der Waals surface area contributed by atoms with Crippen LogP contribution in [-0.2, 0) is 33.4 Å². The van der Waals surface area contributed by atoms with Gasteiger partial charge >= 0.3 is 0 Å². The smallest absolute Gasteiger partial charge is 0.264 e. The Morgan fingerprint density at radius 2 is 1.89 bits per heavy atom. The van der Waals surface area contributed by atoms with Crippen LogP contribution in [-0.4, -0.2) is 48.0 Å². The van der Waals surface area contributed by atoms with Gasteiger partial charge < -0.3 is 14.2 Å². The molecular weight excluding hydrogens is 518 g/mol. The number of thiophene rings is 1. The molecule has 0 saturated carbocycles. The standard InChI is InChI=1S/C29H31N3O4S2/c1-22-9-5-6-12-24(22)21-38(34,35)29-30-17-25(32(29)18-23-10-3-2-4-11-23)19-31(20-26-13-7-15-36-26)28(33)27-14-8-16-37-27/h2-6,8-12,14,16-17,26H,7,13,15,18-21H2,1H3/t26-/m1/s1. The lowest BCUT2D eigenvalue weighted by Gasteiger charge is -2.26. The fraction of sp³-hybridized carbons (Fsp3) is 0.310. The molecule has 0 spiro atoms. The monoisotopic (exact) mass is 549 g/mol. The van der Waals surface area contributed by atoms with Crippen molar-refractivity contribution in [3.8, 4) is 0 Å². The summed E-state index contributed by atoms with van der Waals surface area (Å²) in [6.07, 6.45) is 3.43. The second kappa shape index (κ2) is 11.6. The third-order valence-corrected chi connectivity index (χ3v) is 9.22. The van der Waals surface area contributed by atoms with Crippen LogP contribution in [0.15, 0.2) is 83.5 Å². The molecule has 1 amide bonds. The summed E-state index contributed by atoms with van der Waals surface area (Å²) in [5.74, 6) is -0.231. The van der Waals surface area contributed by atoms with Crippen molar-refractivity contribution in [2.24, 2.45) is 0 Å². The summed E-state index contributed by atoms with van der Waals surface area (Å²) in [5.41, 5.74) is 3.28. The first-order valence-corrected chi connectivity index (χ1v) is 15.2. The van der Waals surface area contributed by atoms with Crippen LogP contribution in [0.1, 0.15) is 44.9 Å². The normalized spacial score (nSPS) is 15.6. The zero-order valence-corrected chi connectivity index (χ0v) is 23.0. The Hall–Kier alpha value is -3.27. The zero-order valence-electron chi connectivity index (χ0n) is 21.3. The number of ether oxygens (including phenoxy) is 1. The predicted molar refractivity (Wildman–Crippen MR) is 148 cm³/mol. The van der Waals surface area contributed by atoms with Crippen LogP contribution in [0.4, 0.5) is 0 Å². The first-order valence-electron chi connectivity index (χ1n) is 12.7. The topological polar surface area (TPSA) is 81.5 Å². The number of nitrogens with zero attached hydrogens (tertiary/aromatic N) is 3. The van der Waals surface area contributed by atoms with Gasteiger partial charge in [0, 0.05) is 13.2 Å². The molecule has 0 aliphatic carbocycles. The van der Waals surface area contributed by atoms with Crippen molar-refractivity contribution < 1.29 is 17.9 Å². The van der Waals surface area contributed by atoms with E-state index in [-0.39, 0.29) is 29.5 Å². The average molecular weight is 550 g/mol. The number of carbonyl (C=O) groups excluding carboxylic acids is 1. The second-order valence-corrected chi connectivity index (χ2v) is 12.4. The van der Waals surface area contributed by atoms with Gasteiger partial charge in [-0.1, -0.05) is 60.7 Å². The van der Waals surface area contributed by atoms with Gasteiger partial charge in [0.05, 0.1) is 41.7 Å². The number of hydrogen-bond donors (Lipinski definition) is 0. The van der Waals surface area contributed by atoms with Crippen molar-refractivity contribution in [1.29, 1.82) is 0 Å². The van der Waals surface area contributed by atoms with Crippen LogP contribution >= 0.6 is 11.3 Å². The molecule has 0 unspecified atom stereocenters. The molecule has 38 heavy (non-hydrogen) atoms. The molecule has 198 valence electrons. The Morgan fingerprint density at radius 3 is 2.61 bits per heavy atom. The number of carbonyl (C=O) groups is 1. The maximum atomic E-state index is 13.7. The van der Waals surface area contributed by atoms with Gasteiger partial charge in [0.2, 0.25) is 15.0 Å². The van der Waals surface area contributed by atoms with E-state index in [2.05, 4.69) is 4.98 Å². The number of benzene rings is 2. The second-order valence-electron chi connectivity index (χ2n) is 9.59. The number of rotatable bonds is 10. The molecule has 1 aliphatic heterocycles. The van der Waals surface area contributed by atoms with Gasteiger partial charge in [-0.15, -0.1) is 11.3 Å². The summed E-state index contributed by atoms with van der Waals surface area (Å²) in [6.45, 7) is 3.61. The van der Waals surface area contributed by atoms with Gasteiger partial charge in [-0.3, -0.25) is 4.79 Å². The highest BCUT2D eigenvalue weighted by Crippen LogP contribution is 2.24. The van der Waals surface area contributed by atoms with E-state index in [0.29, 0.717) is 30.3 Å². The molecule has 1 atom stereocenters. The maximum Gasteiger partial charge on any atom is 0.264 e. The fourth-order valence-electron chi connectivity index (χ4n) is 4.75. The van der Waals surface area contributed by atoms with E-state index in [1.165, 1.54) is 11.3 Å². The minimum atomic E-state index is -3.76. The summed E-state index contributed by atoms with van der Waals surface area (Å²) in [7, 11) is -3.76. The highest BCUT2D eigenvalue weighted by Gasteiger charge is 2.29. The number of hydrogen-bond acceptors (Lipinski definition) is 6. The van der Waals surface area contributed by atoms with Crippen molar-refractivity contribution in [2.45, 2.75) is 49.9 Å². The molecule has 3 heterocycles. The number of imidazole rings is 1. The Balaban J connectivity index is 1.51. The third kappa shape index (κ3) is 6.06. The van der Waals surface area contributed by atoms with Crippen LogP contribution in [0.5, 0.6) is 0 Å². The van der Waals surface area contributed by atoms with E-state index in [1.807, 2.05) is 79.0 Å². The first kappa shape index (κ1) is 26.3. The molecule has 0 N–H and O–H groups in total. The minimum Gasteiger partial charge on any atom is -0.376 e. The Morgan fingerprint density at radius 1 is 1.11 bits per heavy atom. The first-order chi connectivity index (χ1) is 18.4. The van der Waals surface area contributed by atoms with Gasteiger partial charge in [-0.25, -0.2) is 13.4 Å². The van der Waals surface area contributed by atoms with E-state index >= 15 is 0 Å². The molecule has 9 heteroatoms. The molecule has 1 saturated heterocycles. The maximum absolute atomic E-state index is 13.7. The van der Waals surface area contributed by atoms with Crippen molar-refractivity contribution >= 4 is 27.1 Å². The van der Waals surface area contributed by atoms with E-state index in [9.17, 15) is 13.2 Å². The number of sulfone groups is 1. The van der Waals surface area contributed by atoms with Gasteiger partial charge in [0.1, 0.15) is 0 Å². The number of aromatic nitrogens is 2. The highest BCUT2D eigenvalue weighted by atomic mass is 32.2. The molecular formula is C29H31N3O4S2. The van der Waals surface area contributed by atoms with E-state index < -0.39 is 9.84 Å². The van der Waals surface area contributed by atoms with E-state index in [4.69, 9.17) is 4.74 Å². The molecule has 0 radical (unpaired) electrons. The van der Waals surface area contributed by atoms with Crippen molar-refractivity contribution in [3.05, 3.63) is 106 Å². The van der Waals surface area contributed by atoms with Gasteiger partial charge in [0.25, 0.3) is 5.91 Å². The predicted octanol–water partition coefficient (Wildman–Crippen LogP) is 5.10. The molecule has 2 aromatic carbocycles. The summed E-state index contributed by atoms with van der Waals surface area (Å²) in [5, 5.41) is 1.90. The molecule has 0 bridgehead atoms. The van der Waals surface area contributed by atoms with Crippen molar-refractivity contribution in [3.63, 3.8) is 0 Å². The van der Waals surface area contributed by atoms with Crippen molar-refractivity contribution in [1.82, 2.24) is 14.5 Å². The zero-order chi connectivity index (χ0) is 26.5. The van der Waals surface area contributed by atoms with Crippen LogP contribution in [0.3, 0.4) is 0 Å². The molecule has 2 aromatic heterocycles. The third-order valence-electron chi connectivity index (χ3n) is 6.79. The summed E-state index contributed by atoms with van der Waals surface area (Å²) < 4.78 is 34.9. The van der Waals surface area contributed by atoms with Crippen LogP contribution in [0.25, 0.3) is 0 Å². The molecule has 1 aliphatic rings. The lowest BCUT2D eigenvalue weighted by atomic mass is 10.1. The molecule has 5 rings (SSSR count). The Bertz CT molecular complexity index is 1480. The molecule has 1 fully saturated rings. The van der Waals surface area contributed by atoms with Gasteiger partial charge in [0.15, 0.2) is 0 Å². The SMILES string of the molecule is Cc1ccccc1CS(=O)(=O)c1ncc(CN(C[C@H]2CCCO2)C(=O)c2cccs2)n1Cc1ccccc1. The Kier molecular flexibility index (Phi) is 8.06. The molecule has 7 nitrogen and oxygen atoms in total. The lowest BCUT2D eigenvalue weighted by molar-refractivity contribution is 0.0505. The van der Waals surface area contributed by atoms with Gasteiger partial charge in [-0.2, -0.15) is 0 Å². The summed E-state index contributed by atoms with van der Waals surface area (Å²) >= 11 is 1.40. The lowest BCUT2D eigenvalue weighted by Crippen LogP contribution is -2.37. The number of aryl methyl sites for hydroxylation is 1. The number of amides is 1. The summed E-state index contributed by atoms with van der Waals surface area (Å²) in [4.78, 5) is 20.3. The fourth-order valence-corrected chi connectivity index (χ4v) is 7.03. The van der Waals surface area contributed by atoms with Crippen LogP contribution < -0.4 is 0 Å². The Labute approximate surface area is 227 Å². The molecule has 4 aromatic rings. The van der Waals surface area contributed by atoms with E-state index in [0.717, 1.165) is 29.5 Å². The van der Waals surface area contributed by atoms with Gasteiger partial charge in [-0.05, 0) is 47.9 Å². The van der Waals surface area contributed by atoms with E-state index in [1.54, 1.807) is 15.7 Å². The van der Waals surface area contributed by atoms with Crippen LogP contribution in [0.2, 0.25) is 0 Å². The minimum absolute atomic E-state index is 0.0141. The summed E-state index contributed by atoms with van der Waals surface area (Å²) in [6, 6.07) is 20.9. The highest BCUT2D eigenvalue weighted by molar-refractivity contribution is 7.90. The van der Waals surface area contributed by atoms with Crippen LogP contribution in [0, 0.1) is 6.92 Å². The largest absolute Gasteiger partial charge is 0.376 e.